The molecule has 2 N–H and O–H groups in total. The largest absolute Gasteiger partial charge is 0.401 e. The summed E-state index contributed by atoms with van der Waals surface area (Å²) in [5, 5.41) is 6.27. The lowest BCUT2D eigenvalue weighted by Crippen LogP contribution is -2.51. The Kier molecular flexibility index (Phi) is 6.18. The van der Waals surface area contributed by atoms with Gasteiger partial charge in [0.1, 0.15) is 0 Å². The molecule has 0 saturated carbocycles. The average Bonchev–Trinajstić information content (AvgIpc) is 3.16. The van der Waals surface area contributed by atoms with Crippen LogP contribution in [-0.4, -0.2) is 80.2 Å². The molecule has 0 aliphatic carbocycles. The highest BCUT2D eigenvalue weighted by atomic mass is 19.4. The third-order valence-electron chi connectivity index (χ3n) is 5.76. The third-order valence-corrected chi connectivity index (χ3v) is 5.76. The number of likely N-dealkylation sites (tertiary alicyclic amines) is 2. The Labute approximate surface area is 158 Å². The molecular formula is C18H30F3N5O. The van der Waals surface area contributed by atoms with E-state index in [1.807, 2.05) is 6.92 Å². The van der Waals surface area contributed by atoms with E-state index in [-0.39, 0.29) is 17.2 Å². The number of amides is 1. The zero-order valence-corrected chi connectivity index (χ0v) is 15.9. The minimum Gasteiger partial charge on any atom is -0.357 e. The lowest BCUT2D eigenvalue weighted by Gasteiger charge is -2.40. The number of carbonyl (C=O) groups is 1. The standard InChI is InChI=1S/C18H30F3N5O/c1-2-22-16(23-9-14-4-7-25(10-14)13-18(19,20)21)26-6-3-5-17(12-26)8-15(27)24-11-17/h14H,2-13H2,1H3,(H,22,23)(H,24,27). The van der Waals surface area contributed by atoms with E-state index in [2.05, 4.69) is 15.5 Å². The number of nitrogens with one attached hydrogen (secondary N) is 2. The molecule has 2 unspecified atom stereocenters. The molecular weight excluding hydrogens is 359 g/mol. The zero-order valence-electron chi connectivity index (χ0n) is 15.9. The van der Waals surface area contributed by atoms with Crippen molar-refractivity contribution in [1.82, 2.24) is 20.4 Å². The molecule has 0 radical (unpaired) electrons. The maximum Gasteiger partial charge on any atom is 0.401 e. The maximum absolute atomic E-state index is 12.5. The van der Waals surface area contributed by atoms with Gasteiger partial charge in [-0.25, -0.2) is 0 Å². The Morgan fingerprint density at radius 3 is 2.89 bits per heavy atom. The number of alkyl halides is 3. The molecule has 0 aromatic carbocycles. The Morgan fingerprint density at radius 1 is 1.41 bits per heavy atom. The van der Waals surface area contributed by atoms with Crippen molar-refractivity contribution in [3.63, 3.8) is 0 Å². The Balaban J connectivity index is 1.57. The van der Waals surface area contributed by atoms with Gasteiger partial charge in [-0.15, -0.1) is 0 Å². The van der Waals surface area contributed by atoms with E-state index >= 15 is 0 Å². The quantitative estimate of drug-likeness (QED) is 0.564. The molecule has 3 saturated heterocycles. The lowest BCUT2D eigenvalue weighted by molar-refractivity contribution is -0.143. The summed E-state index contributed by atoms with van der Waals surface area (Å²) in [5.41, 5.74) is -0.0115. The summed E-state index contributed by atoms with van der Waals surface area (Å²) in [5.74, 6) is 1.11. The van der Waals surface area contributed by atoms with E-state index in [1.54, 1.807) is 0 Å². The van der Waals surface area contributed by atoms with Gasteiger partial charge >= 0.3 is 6.18 Å². The van der Waals surface area contributed by atoms with Crippen LogP contribution in [-0.2, 0) is 4.79 Å². The number of aliphatic imine (C=N–C) groups is 1. The first-order valence-electron chi connectivity index (χ1n) is 9.88. The zero-order chi connectivity index (χ0) is 19.5. The molecule has 3 rings (SSSR count). The fraction of sp³-hybridized carbons (Fsp3) is 0.889. The van der Waals surface area contributed by atoms with Crippen LogP contribution in [0.25, 0.3) is 0 Å². The molecule has 0 aromatic heterocycles. The fourth-order valence-corrected chi connectivity index (χ4v) is 4.53. The molecule has 3 aliphatic rings. The second kappa shape index (κ2) is 8.24. The highest BCUT2D eigenvalue weighted by molar-refractivity contribution is 5.81. The normalized spacial score (nSPS) is 30.2. The first-order chi connectivity index (χ1) is 12.8. The summed E-state index contributed by atoms with van der Waals surface area (Å²) in [6.07, 6.45) is -0.764. The molecule has 9 heteroatoms. The number of carbonyl (C=O) groups excluding carboxylic acids is 1. The number of nitrogens with zero attached hydrogens (tertiary/aromatic N) is 3. The van der Waals surface area contributed by atoms with E-state index in [0.29, 0.717) is 26.1 Å². The Bertz CT molecular complexity index is 568. The van der Waals surface area contributed by atoms with Gasteiger partial charge < -0.3 is 15.5 Å². The van der Waals surface area contributed by atoms with E-state index in [1.165, 1.54) is 4.90 Å². The van der Waals surface area contributed by atoms with Crippen LogP contribution in [0, 0.1) is 11.3 Å². The number of piperidine rings is 1. The van der Waals surface area contributed by atoms with Crippen LogP contribution in [0.2, 0.25) is 0 Å². The van der Waals surface area contributed by atoms with E-state index < -0.39 is 12.7 Å². The van der Waals surface area contributed by atoms with Gasteiger partial charge in [0, 0.05) is 51.1 Å². The summed E-state index contributed by atoms with van der Waals surface area (Å²) in [6, 6.07) is 0. The fourth-order valence-electron chi connectivity index (χ4n) is 4.53. The second-order valence-electron chi connectivity index (χ2n) is 8.18. The van der Waals surface area contributed by atoms with Crippen molar-refractivity contribution in [2.75, 3.05) is 52.4 Å². The van der Waals surface area contributed by atoms with Crippen LogP contribution in [0.4, 0.5) is 13.2 Å². The first-order valence-corrected chi connectivity index (χ1v) is 9.88. The van der Waals surface area contributed by atoms with Crippen molar-refractivity contribution in [3.8, 4) is 0 Å². The summed E-state index contributed by atoms with van der Waals surface area (Å²) < 4.78 is 37.6. The number of guanidine groups is 1. The van der Waals surface area contributed by atoms with Gasteiger partial charge in [-0.1, -0.05) is 0 Å². The minimum atomic E-state index is -4.14. The molecule has 1 amide bonds. The van der Waals surface area contributed by atoms with Gasteiger partial charge in [-0.2, -0.15) is 13.2 Å². The van der Waals surface area contributed by atoms with Gasteiger partial charge in [-0.3, -0.25) is 14.7 Å². The topological polar surface area (TPSA) is 60.0 Å². The molecule has 1 spiro atoms. The van der Waals surface area contributed by atoms with Crippen LogP contribution in [0.3, 0.4) is 0 Å². The van der Waals surface area contributed by atoms with Crippen LogP contribution in [0.1, 0.15) is 32.6 Å². The molecule has 27 heavy (non-hydrogen) atoms. The first kappa shape index (κ1) is 20.2. The molecule has 154 valence electrons. The number of hydrogen-bond donors (Lipinski definition) is 2. The average molecular weight is 389 g/mol. The van der Waals surface area contributed by atoms with Crippen LogP contribution in [0.15, 0.2) is 4.99 Å². The van der Waals surface area contributed by atoms with Crippen LogP contribution in [0.5, 0.6) is 0 Å². The molecule has 6 nitrogen and oxygen atoms in total. The summed E-state index contributed by atoms with van der Waals surface area (Å²) >= 11 is 0. The number of rotatable bonds is 4. The highest BCUT2D eigenvalue weighted by Crippen LogP contribution is 2.36. The second-order valence-corrected chi connectivity index (χ2v) is 8.18. The smallest absolute Gasteiger partial charge is 0.357 e. The lowest BCUT2D eigenvalue weighted by atomic mass is 9.79. The molecule has 3 heterocycles. The van der Waals surface area contributed by atoms with Gasteiger partial charge in [0.2, 0.25) is 5.91 Å². The van der Waals surface area contributed by atoms with E-state index in [0.717, 1.165) is 51.4 Å². The predicted octanol–water partition coefficient (Wildman–Crippen LogP) is 1.44. The number of hydrogen-bond acceptors (Lipinski definition) is 3. The van der Waals surface area contributed by atoms with Crippen molar-refractivity contribution in [3.05, 3.63) is 0 Å². The van der Waals surface area contributed by atoms with Gasteiger partial charge in [0.25, 0.3) is 0 Å². The Hall–Kier alpha value is -1.51. The molecule has 3 fully saturated rings. The predicted molar refractivity (Wildman–Crippen MR) is 97.4 cm³/mol. The highest BCUT2D eigenvalue weighted by Gasteiger charge is 2.42. The molecule has 0 bridgehead atoms. The van der Waals surface area contributed by atoms with Crippen molar-refractivity contribution in [1.29, 1.82) is 0 Å². The van der Waals surface area contributed by atoms with Crippen LogP contribution >= 0.6 is 0 Å². The van der Waals surface area contributed by atoms with Crippen molar-refractivity contribution in [2.45, 2.75) is 38.8 Å². The van der Waals surface area contributed by atoms with Gasteiger partial charge in [-0.05, 0) is 38.6 Å². The Morgan fingerprint density at radius 2 is 2.22 bits per heavy atom. The van der Waals surface area contributed by atoms with E-state index in [9.17, 15) is 18.0 Å². The number of halogens is 3. The van der Waals surface area contributed by atoms with Gasteiger partial charge in [0.15, 0.2) is 5.96 Å². The molecule has 2 atom stereocenters. The SMILES string of the molecule is CCNC(=NCC1CCN(CC(F)(F)F)C1)N1CCCC2(CNC(=O)C2)C1. The van der Waals surface area contributed by atoms with Gasteiger partial charge in [0.05, 0.1) is 6.54 Å². The van der Waals surface area contributed by atoms with Crippen molar-refractivity contribution >= 4 is 11.9 Å². The summed E-state index contributed by atoms with van der Waals surface area (Å²) in [4.78, 5) is 20.1. The minimum absolute atomic E-state index is 0.0115. The van der Waals surface area contributed by atoms with Crippen molar-refractivity contribution < 1.29 is 18.0 Å². The van der Waals surface area contributed by atoms with E-state index in [4.69, 9.17) is 4.99 Å². The maximum atomic E-state index is 12.5. The summed E-state index contributed by atoms with van der Waals surface area (Å²) in [6.45, 7) is 5.80. The molecule has 3 aliphatic heterocycles. The summed E-state index contributed by atoms with van der Waals surface area (Å²) in [7, 11) is 0. The molecule has 0 aromatic rings. The third kappa shape index (κ3) is 5.49. The van der Waals surface area contributed by atoms with Crippen LogP contribution < -0.4 is 10.6 Å². The monoisotopic (exact) mass is 389 g/mol. The van der Waals surface area contributed by atoms with Crippen molar-refractivity contribution in [2.24, 2.45) is 16.3 Å².